The van der Waals surface area contributed by atoms with Crippen LogP contribution >= 0.6 is 0 Å². The number of aryl methyl sites for hydroxylation is 1. The Balaban J connectivity index is 1.32. The lowest BCUT2D eigenvalue weighted by molar-refractivity contribution is -0.253. The van der Waals surface area contributed by atoms with E-state index in [2.05, 4.69) is 12.1 Å². The zero-order valence-electron chi connectivity index (χ0n) is 22.6. The number of phenols is 1. The van der Waals surface area contributed by atoms with Crippen LogP contribution in [0, 0.1) is 0 Å². The Labute approximate surface area is 234 Å². The van der Waals surface area contributed by atoms with Crippen LogP contribution in [0.4, 0.5) is 0 Å². The highest BCUT2D eigenvalue weighted by Crippen LogP contribution is 2.56. The van der Waals surface area contributed by atoms with E-state index >= 15 is 0 Å². The zero-order valence-corrected chi connectivity index (χ0v) is 22.6. The molecule has 0 aromatic heterocycles. The maximum Gasteiger partial charge on any atom is 0.305 e. The van der Waals surface area contributed by atoms with Crippen LogP contribution in [0.1, 0.15) is 84.0 Å². The lowest BCUT2D eigenvalue weighted by Crippen LogP contribution is -2.51. The number of methoxy groups -OCH3 is 1. The van der Waals surface area contributed by atoms with E-state index in [1.54, 1.807) is 6.07 Å². The Bertz CT molecular complexity index is 1390. The molecule has 0 unspecified atom stereocenters. The number of benzene rings is 3. The normalized spacial score (nSPS) is 24.7. The van der Waals surface area contributed by atoms with Gasteiger partial charge in [0.15, 0.2) is 5.78 Å². The lowest BCUT2D eigenvalue weighted by Gasteiger charge is -2.49. The van der Waals surface area contributed by atoms with Gasteiger partial charge in [0, 0.05) is 30.9 Å². The van der Waals surface area contributed by atoms with E-state index in [-0.39, 0.29) is 41.5 Å². The summed E-state index contributed by atoms with van der Waals surface area (Å²) in [5.74, 6) is -0.516. The molecule has 40 heavy (non-hydrogen) atoms. The molecule has 0 aliphatic carbocycles. The first kappa shape index (κ1) is 26.4. The van der Waals surface area contributed by atoms with Gasteiger partial charge >= 0.3 is 5.97 Å². The number of rotatable bonds is 8. The fourth-order valence-corrected chi connectivity index (χ4v) is 6.40. The zero-order chi connectivity index (χ0) is 27.7. The highest BCUT2D eigenvalue weighted by Gasteiger charge is 2.50. The number of ether oxygens (including phenoxy) is 4. The first-order valence-corrected chi connectivity index (χ1v) is 14.1. The van der Waals surface area contributed by atoms with E-state index in [0.29, 0.717) is 55.6 Å². The Hall–Kier alpha value is -3.84. The SMILES string of the molecule is COC(=O)CCC[C@@H]1C[C@@H]2C[C@@](CCc3ccccc3)(Oc3cc4c(c(O)c32)C(=O)C[C@H](c2ccccc2)O4)O1. The minimum atomic E-state index is -0.889. The van der Waals surface area contributed by atoms with Gasteiger partial charge in [-0.15, -0.1) is 0 Å². The van der Waals surface area contributed by atoms with E-state index in [1.165, 1.54) is 12.7 Å². The summed E-state index contributed by atoms with van der Waals surface area (Å²) in [7, 11) is 1.39. The van der Waals surface area contributed by atoms with Gasteiger partial charge in [0.1, 0.15) is 28.9 Å². The third-order valence-electron chi connectivity index (χ3n) is 8.32. The standard InChI is InChI=1S/C33H34O7/c1-37-29(35)14-8-13-24-17-23-20-33(39-24,16-15-21-9-4-2-5-10-21)40-28-19-27-31(32(36)30(23)28)25(34)18-26(38-27)22-11-6-3-7-12-22/h2-7,9-12,19,23-24,26,36H,8,13-18,20H2,1H3/t23-,24-,26-,33-/m1/s1. The van der Waals surface area contributed by atoms with Gasteiger partial charge < -0.3 is 24.1 Å². The van der Waals surface area contributed by atoms with Crippen molar-refractivity contribution in [1.82, 2.24) is 0 Å². The van der Waals surface area contributed by atoms with Crippen molar-refractivity contribution >= 4 is 11.8 Å². The third-order valence-corrected chi connectivity index (χ3v) is 8.32. The lowest BCUT2D eigenvalue weighted by atomic mass is 9.77. The number of Topliss-reactive ketones (excluding diaryl/α,β-unsaturated/α-hetero) is 1. The molecule has 3 aromatic carbocycles. The van der Waals surface area contributed by atoms with Crippen molar-refractivity contribution in [3.05, 3.63) is 89.0 Å². The van der Waals surface area contributed by atoms with Crippen molar-refractivity contribution in [2.24, 2.45) is 0 Å². The number of esters is 1. The third kappa shape index (κ3) is 5.18. The largest absolute Gasteiger partial charge is 0.507 e. The highest BCUT2D eigenvalue weighted by molar-refractivity contribution is 6.03. The van der Waals surface area contributed by atoms with Gasteiger partial charge in [-0.2, -0.15) is 0 Å². The molecule has 4 atom stereocenters. The second-order valence-corrected chi connectivity index (χ2v) is 11.0. The van der Waals surface area contributed by atoms with Crippen LogP contribution in [-0.4, -0.2) is 35.9 Å². The van der Waals surface area contributed by atoms with Crippen LogP contribution in [0.3, 0.4) is 0 Å². The van der Waals surface area contributed by atoms with Gasteiger partial charge in [0.25, 0.3) is 0 Å². The van der Waals surface area contributed by atoms with Gasteiger partial charge in [0.2, 0.25) is 5.79 Å². The molecule has 1 fully saturated rings. The maximum absolute atomic E-state index is 13.3. The van der Waals surface area contributed by atoms with Crippen molar-refractivity contribution < 1.29 is 33.6 Å². The Morgan fingerprint density at radius 3 is 2.58 bits per heavy atom. The Kier molecular flexibility index (Phi) is 7.24. The number of hydrogen-bond acceptors (Lipinski definition) is 7. The van der Waals surface area contributed by atoms with E-state index in [4.69, 9.17) is 18.9 Å². The number of fused-ring (bicyclic) bond motifs is 5. The molecule has 7 heteroatoms. The topological polar surface area (TPSA) is 91.3 Å². The van der Waals surface area contributed by atoms with E-state index < -0.39 is 11.9 Å². The first-order valence-electron chi connectivity index (χ1n) is 14.1. The summed E-state index contributed by atoms with van der Waals surface area (Å²) in [6.45, 7) is 0. The molecular formula is C33H34O7. The van der Waals surface area contributed by atoms with Gasteiger partial charge in [-0.25, -0.2) is 0 Å². The van der Waals surface area contributed by atoms with Crippen LogP contribution in [0.25, 0.3) is 0 Å². The Morgan fingerprint density at radius 2 is 1.82 bits per heavy atom. The van der Waals surface area contributed by atoms with Crippen molar-refractivity contribution in [2.45, 2.75) is 75.3 Å². The number of aromatic hydroxyl groups is 1. The van der Waals surface area contributed by atoms with Gasteiger partial charge in [-0.1, -0.05) is 60.7 Å². The molecule has 0 radical (unpaired) electrons. The molecule has 3 aliphatic heterocycles. The predicted molar refractivity (Wildman–Crippen MR) is 148 cm³/mol. The second-order valence-electron chi connectivity index (χ2n) is 11.0. The van der Waals surface area contributed by atoms with Crippen molar-refractivity contribution in [2.75, 3.05) is 7.11 Å². The number of carbonyl (C=O) groups is 2. The summed E-state index contributed by atoms with van der Waals surface area (Å²) in [4.78, 5) is 25.0. The molecule has 208 valence electrons. The smallest absolute Gasteiger partial charge is 0.305 e. The maximum atomic E-state index is 13.3. The van der Waals surface area contributed by atoms with Gasteiger partial charge in [-0.05, 0) is 42.7 Å². The highest BCUT2D eigenvalue weighted by atomic mass is 16.7. The van der Waals surface area contributed by atoms with Crippen molar-refractivity contribution in [3.8, 4) is 17.2 Å². The summed E-state index contributed by atoms with van der Waals surface area (Å²) in [6.07, 6.45) is 3.84. The minimum absolute atomic E-state index is 0.0409. The molecule has 3 aliphatic rings. The summed E-state index contributed by atoms with van der Waals surface area (Å²) >= 11 is 0. The summed E-state index contributed by atoms with van der Waals surface area (Å²) < 4.78 is 24.4. The van der Waals surface area contributed by atoms with Gasteiger partial charge in [0.05, 0.1) is 19.6 Å². The molecule has 0 amide bonds. The van der Waals surface area contributed by atoms with Crippen molar-refractivity contribution in [1.29, 1.82) is 0 Å². The van der Waals surface area contributed by atoms with Crippen LogP contribution in [0.15, 0.2) is 66.7 Å². The molecule has 1 N–H and O–H groups in total. The summed E-state index contributed by atoms with van der Waals surface area (Å²) in [5, 5.41) is 11.5. The number of phenolic OH excluding ortho intramolecular Hbond substituents is 1. The summed E-state index contributed by atoms with van der Waals surface area (Å²) in [5.41, 5.74) is 2.99. The van der Waals surface area contributed by atoms with Crippen LogP contribution in [0.5, 0.6) is 17.2 Å². The number of hydrogen-bond donors (Lipinski definition) is 1. The van der Waals surface area contributed by atoms with Gasteiger partial charge in [-0.3, -0.25) is 9.59 Å². The molecule has 0 spiro atoms. The molecular weight excluding hydrogens is 508 g/mol. The van der Waals surface area contributed by atoms with E-state index in [0.717, 1.165) is 12.0 Å². The second kappa shape index (κ2) is 11.0. The van der Waals surface area contributed by atoms with Crippen molar-refractivity contribution in [3.63, 3.8) is 0 Å². The molecule has 1 saturated heterocycles. The molecule has 3 aromatic rings. The average molecular weight is 543 g/mol. The van der Waals surface area contributed by atoms with Crippen LogP contribution in [0.2, 0.25) is 0 Å². The minimum Gasteiger partial charge on any atom is -0.507 e. The monoisotopic (exact) mass is 542 g/mol. The fraction of sp³-hybridized carbons (Fsp3) is 0.394. The fourth-order valence-electron chi connectivity index (χ4n) is 6.40. The number of ketones is 1. The van der Waals surface area contributed by atoms with Crippen LogP contribution in [-0.2, 0) is 20.7 Å². The average Bonchev–Trinajstić information content (AvgIpc) is 2.96. The Morgan fingerprint density at radius 1 is 1.07 bits per heavy atom. The number of carbonyl (C=O) groups excluding carboxylic acids is 2. The van der Waals surface area contributed by atoms with E-state index in [9.17, 15) is 14.7 Å². The predicted octanol–water partition coefficient (Wildman–Crippen LogP) is 6.43. The molecule has 0 saturated carbocycles. The first-order chi connectivity index (χ1) is 19.4. The molecule has 7 nitrogen and oxygen atoms in total. The van der Waals surface area contributed by atoms with Crippen LogP contribution < -0.4 is 9.47 Å². The molecule has 6 rings (SSSR count). The quantitative estimate of drug-likeness (QED) is 0.328. The molecule has 3 heterocycles. The molecule has 2 bridgehead atoms. The summed E-state index contributed by atoms with van der Waals surface area (Å²) in [6, 6.07) is 21.6. The van der Waals surface area contributed by atoms with E-state index in [1.807, 2.05) is 48.5 Å².